The number of carboxylic acid groups (broad SMARTS) is 1. The molecule has 2 heterocycles. The van der Waals surface area contributed by atoms with E-state index in [0.717, 1.165) is 38.8 Å². The van der Waals surface area contributed by atoms with Gasteiger partial charge in [0, 0.05) is 19.6 Å². The third-order valence-corrected chi connectivity index (χ3v) is 4.75. The Morgan fingerprint density at radius 2 is 1.70 bits per heavy atom. The Balaban J connectivity index is 2.16. The SMILES string of the molecule is CC1(C)CCCN(C(=O)N2CCCCC2(C)C(=O)O)C1. The van der Waals surface area contributed by atoms with Crippen molar-refractivity contribution in [2.45, 2.75) is 58.4 Å². The summed E-state index contributed by atoms with van der Waals surface area (Å²) in [6, 6.07) is -0.0950. The number of likely N-dealkylation sites (tertiary alicyclic amines) is 2. The minimum atomic E-state index is -1.04. The molecule has 2 amide bonds. The van der Waals surface area contributed by atoms with Crippen molar-refractivity contribution in [3.8, 4) is 0 Å². The normalized spacial score (nSPS) is 30.1. The number of aliphatic carboxylic acids is 1. The second-order valence-corrected chi connectivity index (χ2v) is 7.16. The van der Waals surface area contributed by atoms with Gasteiger partial charge in [-0.2, -0.15) is 0 Å². The third kappa shape index (κ3) is 2.76. The number of nitrogens with zero attached hydrogens (tertiary/aromatic N) is 2. The maximum Gasteiger partial charge on any atom is 0.329 e. The number of amides is 2. The Kier molecular flexibility index (Phi) is 3.98. The van der Waals surface area contributed by atoms with Crippen molar-refractivity contribution >= 4 is 12.0 Å². The number of carboxylic acids is 1. The van der Waals surface area contributed by atoms with Crippen molar-refractivity contribution in [3.63, 3.8) is 0 Å². The molecule has 0 radical (unpaired) electrons. The molecule has 0 aromatic heterocycles. The molecule has 0 bridgehead atoms. The standard InChI is InChI=1S/C15H26N2O3/c1-14(2)7-6-9-16(11-14)13(20)17-10-5-4-8-15(17,3)12(18)19/h4-11H2,1-3H3,(H,18,19). The van der Waals surface area contributed by atoms with Gasteiger partial charge in [0.1, 0.15) is 5.54 Å². The van der Waals surface area contributed by atoms with Crippen LogP contribution in [-0.2, 0) is 4.79 Å². The molecule has 2 aliphatic heterocycles. The van der Waals surface area contributed by atoms with Gasteiger partial charge in [-0.3, -0.25) is 0 Å². The van der Waals surface area contributed by atoms with Gasteiger partial charge in [0.15, 0.2) is 0 Å². The van der Waals surface area contributed by atoms with E-state index in [2.05, 4.69) is 13.8 Å². The first-order valence-corrected chi connectivity index (χ1v) is 7.56. The maximum absolute atomic E-state index is 12.7. The summed E-state index contributed by atoms with van der Waals surface area (Å²) in [6.45, 7) is 8.03. The van der Waals surface area contributed by atoms with Crippen LogP contribution in [0, 0.1) is 5.41 Å². The molecule has 2 saturated heterocycles. The molecule has 0 aromatic rings. The number of hydrogen-bond acceptors (Lipinski definition) is 2. The lowest BCUT2D eigenvalue weighted by Crippen LogP contribution is -2.62. The molecule has 0 saturated carbocycles. The van der Waals surface area contributed by atoms with Gasteiger partial charge in [-0.1, -0.05) is 13.8 Å². The van der Waals surface area contributed by atoms with E-state index >= 15 is 0 Å². The molecular weight excluding hydrogens is 256 g/mol. The highest BCUT2D eigenvalue weighted by atomic mass is 16.4. The van der Waals surface area contributed by atoms with Crippen LogP contribution in [0.3, 0.4) is 0 Å². The van der Waals surface area contributed by atoms with E-state index in [1.54, 1.807) is 11.8 Å². The first-order chi connectivity index (χ1) is 9.26. The Hall–Kier alpha value is -1.26. The molecule has 5 heteroatoms. The Bertz CT molecular complexity index is 408. The molecule has 0 aliphatic carbocycles. The minimum Gasteiger partial charge on any atom is -0.480 e. The number of urea groups is 1. The fourth-order valence-electron chi connectivity index (χ4n) is 3.41. The van der Waals surface area contributed by atoms with Gasteiger partial charge < -0.3 is 14.9 Å². The topological polar surface area (TPSA) is 60.9 Å². The lowest BCUT2D eigenvalue weighted by molar-refractivity contribution is -0.151. The van der Waals surface area contributed by atoms with Crippen LogP contribution in [0.4, 0.5) is 4.79 Å². The highest BCUT2D eigenvalue weighted by Crippen LogP contribution is 2.33. The van der Waals surface area contributed by atoms with Crippen LogP contribution in [0.1, 0.15) is 52.9 Å². The highest BCUT2D eigenvalue weighted by Gasteiger charge is 2.46. The van der Waals surface area contributed by atoms with Gasteiger partial charge in [0.05, 0.1) is 0 Å². The fraction of sp³-hybridized carbons (Fsp3) is 0.867. The quantitative estimate of drug-likeness (QED) is 0.804. The second kappa shape index (κ2) is 5.26. The summed E-state index contributed by atoms with van der Waals surface area (Å²) in [6.07, 6.45) is 4.43. The monoisotopic (exact) mass is 282 g/mol. The van der Waals surface area contributed by atoms with E-state index in [9.17, 15) is 14.7 Å². The number of piperidine rings is 2. The zero-order valence-corrected chi connectivity index (χ0v) is 12.8. The second-order valence-electron chi connectivity index (χ2n) is 7.16. The molecular formula is C15H26N2O3. The summed E-state index contributed by atoms with van der Waals surface area (Å²) in [4.78, 5) is 27.8. The van der Waals surface area contributed by atoms with Gasteiger partial charge in [-0.15, -0.1) is 0 Å². The van der Waals surface area contributed by atoms with Crippen molar-refractivity contribution in [1.82, 2.24) is 9.80 Å². The lowest BCUT2D eigenvalue weighted by atomic mass is 9.84. The molecule has 1 unspecified atom stereocenters. The zero-order chi connectivity index (χ0) is 15.0. The van der Waals surface area contributed by atoms with Crippen molar-refractivity contribution in [2.75, 3.05) is 19.6 Å². The van der Waals surface area contributed by atoms with Gasteiger partial charge in [0.2, 0.25) is 0 Å². The number of rotatable bonds is 1. The molecule has 1 atom stereocenters. The molecule has 2 fully saturated rings. The zero-order valence-electron chi connectivity index (χ0n) is 12.8. The molecule has 1 N–H and O–H groups in total. The summed E-state index contributed by atoms with van der Waals surface area (Å²) >= 11 is 0. The van der Waals surface area contributed by atoms with Crippen molar-refractivity contribution in [2.24, 2.45) is 5.41 Å². The molecule has 2 aliphatic rings. The minimum absolute atomic E-state index is 0.0950. The third-order valence-electron chi connectivity index (χ3n) is 4.75. The van der Waals surface area contributed by atoms with E-state index in [-0.39, 0.29) is 11.4 Å². The number of hydrogen-bond donors (Lipinski definition) is 1. The average molecular weight is 282 g/mol. The summed E-state index contributed by atoms with van der Waals surface area (Å²) < 4.78 is 0. The van der Waals surface area contributed by atoms with Gasteiger partial charge in [-0.25, -0.2) is 9.59 Å². The maximum atomic E-state index is 12.7. The lowest BCUT2D eigenvalue weighted by Gasteiger charge is -2.46. The number of carbonyl (C=O) groups excluding carboxylic acids is 1. The predicted octanol–water partition coefficient (Wildman–Crippen LogP) is 2.56. The Morgan fingerprint density at radius 1 is 1.00 bits per heavy atom. The summed E-state index contributed by atoms with van der Waals surface area (Å²) in [5.41, 5.74) is -0.916. The van der Waals surface area contributed by atoms with Crippen molar-refractivity contribution in [1.29, 1.82) is 0 Å². The van der Waals surface area contributed by atoms with E-state index in [1.807, 2.05) is 4.90 Å². The van der Waals surface area contributed by atoms with E-state index in [4.69, 9.17) is 0 Å². The van der Waals surface area contributed by atoms with Gasteiger partial charge in [-0.05, 0) is 44.4 Å². The van der Waals surface area contributed by atoms with E-state index in [1.165, 1.54) is 0 Å². The van der Waals surface area contributed by atoms with E-state index in [0.29, 0.717) is 13.0 Å². The smallest absolute Gasteiger partial charge is 0.329 e. The molecule has 114 valence electrons. The molecule has 0 aromatic carbocycles. The molecule has 5 nitrogen and oxygen atoms in total. The Morgan fingerprint density at radius 3 is 2.30 bits per heavy atom. The first kappa shape index (κ1) is 15.1. The predicted molar refractivity (Wildman–Crippen MR) is 76.6 cm³/mol. The molecule has 0 spiro atoms. The van der Waals surface area contributed by atoms with Gasteiger partial charge >= 0.3 is 12.0 Å². The van der Waals surface area contributed by atoms with Crippen LogP contribution in [0.25, 0.3) is 0 Å². The Labute approximate surface area is 120 Å². The van der Waals surface area contributed by atoms with Crippen LogP contribution in [-0.4, -0.2) is 52.1 Å². The van der Waals surface area contributed by atoms with Gasteiger partial charge in [0.25, 0.3) is 0 Å². The molecule has 20 heavy (non-hydrogen) atoms. The fourth-order valence-corrected chi connectivity index (χ4v) is 3.41. The average Bonchev–Trinajstić information content (AvgIpc) is 2.37. The van der Waals surface area contributed by atoms with Crippen molar-refractivity contribution < 1.29 is 14.7 Å². The van der Waals surface area contributed by atoms with Crippen LogP contribution < -0.4 is 0 Å². The molecule has 2 rings (SSSR count). The van der Waals surface area contributed by atoms with Crippen LogP contribution in [0.5, 0.6) is 0 Å². The first-order valence-electron chi connectivity index (χ1n) is 7.56. The highest BCUT2D eigenvalue weighted by molar-refractivity contribution is 5.86. The van der Waals surface area contributed by atoms with Crippen LogP contribution >= 0.6 is 0 Å². The number of carbonyl (C=O) groups is 2. The van der Waals surface area contributed by atoms with Crippen molar-refractivity contribution in [3.05, 3.63) is 0 Å². The van der Waals surface area contributed by atoms with Crippen LogP contribution in [0.15, 0.2) is 0 Å². The summed E-state index contributed by atoms with van der Waals surface area (Å²) in [5, 5.41) is 9.51. The van der Waals surface area contributed by atoms with E-state index < -0.39 is 11.5 Å². The largest absolute Gasteiger partial charge is 0.480 e. The summed E-state index contributed by atoms with van der Waals surface area (Å²) in [7, 11) is 0. The van der Waals surface area contributed by atoms with Crippen LogP contribution in [0.2, 0.25) is 0 Å². The summed E-state index contributed by atoms with van der Waals surface area (Å²) in [5.74, 6) is -0.887.